The van der Waals surface area contributed by atoms with Crippen LogP contribution in [0.5, 0.6) is 0 Å². The zero-order chi connectivity index (χ0) is 22.8. The molecule has 0 atom stereocenters. The first-order chi connectivity index (χ1) is 16.1. The molecule has 172 valence electrons. The van der Waals surface area contributed by atoms with Crippen LogP contribution in [0.1, 0.15) is 39.3 Å². The summed E-state index contributed by atoms with van der Waals surface area (Å²) in [4.78, 5) is 25.9. The normalized spacial score (nSPS) is 17.1. The van der Waals surface area contributed by atoms with Crippen LogP contribution in [0.25, 0.3) is 0 Å². The van der Waals surface area contributed by atoms with Gasteiger partial charge in [-0.25, -0.2) is 13.8 Å². The van der Waals surface area contributed by atoms with E-state index in [4.69, 9.17) is 0 Å². The summed E-state index contributed by atoms with van der Waals surface area (Å²) in [5.74, 6) is -1.87. The number of carbonyl (C=O) groups excluding carboxylic acids is 1. The van der Waals surface area contributed by atoms with Gasteiger partial charge in [0.1, 0.15) is 16.5 Å². The Balaban J connectivity index is 1.14. The van der Waals surface area contributed by atoms with Gasteiger partial charge in [0.2, 0.25) is 0 Å². The van der Waals surface area contributed by atoms with Crippen molar-refractivity contribution in [3.8, 4) is 0 Å². The van der Waals surface area contributed by atoms with Crippen molar-refractivity contribution in [2.24, 2.45) is 0 Å². The number of piperidine rings is 1. The summed E-state index contributed by atoms with van der Waals surface area (Å²) < 4.78 is 26.7. The average Bonchev–Trinajstić information content (AvgIpc) is 3.34. The van der Waals surface area contributed by atoms with Gasteiger partial charge in [-0.2, -0.15) is 0 Å². The predicted octanol–water partition coefficient (Wildman–Crippen LogP) is 3.77. The summed E-state index contributed by atoms with van der Waals surface area (Å²) in [6, 6.07) is 10.0. The minimum atomic E-state index is -0.777. The van der Waals surface area contributed by atoms with Crippen LogP contribution in [0.15, 0.2) is 42.7 Å². The summed E-state index contributed by atoms with van der Waals surface area (Å²) in [5.41, 5.74) is 2.91. The van der Waals surface area contributed by atoms with E-state index < -0.39 is 11.6 Å². The molecule has 9 heteroatoms. The van der Waals surface area contributed by atoms with Gasteiger partial charge in [0, 0.05) is 38.3 Å². The number of anilines is 1. The van der Waals surface area contributed by atoms with E-state index in [1.807, 2.05) is 0 Å². The van der Waals surface area contributed by atoms with Gasteiger partial charge in [-0.15, -0.1) is 0 Å². The fourth-order valence-electron chi connectivity index (χ4n) is 4.59. The van der Waals surface area contributed by atoms with E-state index in [-0.39, 0.29) is 18.1 Å². The quantitative estimate of drug-likeness (QED) is 0.617. The number of amides is 1. The van der Waals surface area contributed by atoms with Gasteiger partial charge in [0.25, 0.3) is 5.91 Å². The molecule has 0 aliphatic carbocycles. The highest BCUT2D eigenvalue weighted by Gasteiger charge is 2.28. The number of thiazole rings is 1. The third-order valence-electron chi connectivity index (χ3n) is 6.43. The van der Waals surface area contributed by atoms with Crippen molar-refractivity contribution >= 4 is 22.4 Å². The predicted molar refractivity (Wildman–Crippen MR) is 123 cm³/mol. The van der Waals surface area contributed by atoms with Crippen LogP contribution in [0.2, 0.25) is 0 Å². The van der Waals surface area contributed by atoms with Crippen molar-refractivity contribution in [3.05, 3.63) is 76.1 Å². The molecule has 5 rings (SSSR count). The number of carbonyl (C=O) groups is 1. The first-order valence-corrected chi connectivity index (χ1v) is 12.0. The van der Waals surface area contributed by atoms with Gasteiger partial charge in [-0.1, -0.05) is 35.6 Å². The second kappa shape index (κ2) is 9.52. The molecule has 0 unspecified atom stereocenters. The molecule has 33 heavy (non-hydrogen) atoms. The lowest BCUT2D eigenvalue weighted by Gasteiger charge is -2.40. The van der Waals surface area contributed by atoms with Crippen molar-refractivity contribution in [1.82, 2.24) is 20.2 Å². The van der Waals surface area contributed by atoms with Gasteiger partial charge in [-0.3, -0.25) is 14.7 Å². The number of pyridine rings is 1. The Morgan fingerprint density at radius 1 is 1.09 bits per heavy atom. The Bertz CT molecular complexity index is 1150. The topological polar surface area (TPSA) is 61.4 Å². The summed E-state index contributed by atoms with van der Waals surface area (Å²) in [6.45, 7) is 3.82. The maximum absolute atomic E-state index is 13.7. The van der Waals surface area contributed by atoms with Crippen LogP contribution in [0, 0.1) is 11.6 Å². The van der Waals surface area contributed by atoms with Gasteiger partial charge in [0.05, 0.1) is 24.6 Å². The Kier molecular flexibility index (Phi) is 6.32. The first-order valence-electron chi connectivity index (χ1n) is 11.2. The molecule has 6 nitrogen and oxygen atoms in total. The zero-order valence-corrected chi connectivity index (χ0v) is 19.0. The van der Waals surface area contributed by atoms with Crippen molar-refractivity contribution in [2.45, 2.75) is 38.4 Å². The highest BCUT2D eigenvalue weighted by atomic mass is 32.1. The van der Waals surface area contributed by atoms with Crippen molar-refractivity contribution in [1.29, 1.82) is 0 Å². The lowest BCUT2D eigenvalue weighted by atomic mass is 9.95. The van der Waals surface area contributed by atoms with E-state index in [1.165, 1.54) is 22.5 Å². The van der Waals surface area contributed by atoms with E-state index in [9.17, 15) is 13.6 Å². The standard InChI is InChI=1S/C24H25F2N5OS/c25-18-11-20(26)21(27-12-18)13-28-23(32)22-14-29-24(33-22)30-9-6-19(7-10-30)31-8-5-16-3-1-2-4-17(16)15-31/h1-4,11-12,14,19H,5-10,13,15H2,(H,28,32). The van der Waals surface area contributed by atoms with E-state index in [0.717, 1.165) is 62.8 Å². The number of benzene rings is 1. The number of fused-ring (bicyclic) bond motifs is 1. The molecule has 1 saturated heterocycles. The second-order valence-electron chi connectivity index (χ2n) is 8.48. The Hall–Kier alpha value is -2.91. The maximum atomic E-state index is 13.7. The first kappa shape index (κ1) is 21.9. The van der Waals surface area contributed by atoms with Gasteiger partial charge >= 0.3 is 0 Å². The number of halogens is 2. The van der Waals surface area contributed by atoms with Gasteiger partial charge in [0.15, 0.2) is 5.13 Å². The molecule has 1 N–H and O–H groups in total. The lowest BCUT2D eigenvalue weighted by Crippen LogP contribution is -2.46. The Morgan fingerprint density at radius 2 is 1.88 bits per heavy atom. The molecule has 2 aliphatic heterocycles. The minimum Gasteiger partial charge on any atom is -0.348 e. The van der Waals surface area contributed by atoms with Crippen molar-refractivity contribution in [3.63, 3.8) is 0 Å². The number of nitrogens with zero attached hydrogens (tertiary/aromatic N) is 4. The number of aromatic nitrogens is 2. The average molecular weight is 470 g/mol. The molecule has 0 saturated carbocycles. The Morgan fingerprint density at radius 3 is 2.67 bits per heavy atom. The summed E-state index contributed by atoms with van der Waals surface area (Å²) in [6.07, 6.45) is 5.73. The van der Waals surface area contributed by atoms with Crippen LogP contribution >= 0.6 is 11.3 Å². The molecule has 4 heterocycles. The Labute approximate surface area is 195 Å². The third kappa shape index (κ3) is 4.89. The molecule has 0 radical (unpaired) electrons. The summed E-state index contributed by atoms with van der Waals surface area (Å²) >= 11 is 1.33. The SMILES string of the molecule is O=C(NCc1ncc(F)cc1F)c1cnc(N2CCC(N3CCc4ccccc4C3)CC2)s1. The second-order valence-corrected chi connectivity index (χ2v) is 9.49. The molecular formula is C24H25F2N5OS. The highest BCUT2D eigenvalue weighted by Crippen LogP contribution is 2.29. The van der Waals surface area contributed by atoms with E-state index in [1.54, 1.807) is 6.20 Å². The molecule has 0 bridgehead atoms. The smallest absolute Gasteiger partial charge is 0.263 e. The van der Waals surface area contributed by atoms with Crippen LogP contribution in [-0.2, 0) is 19.5 Å². The van der Waals surface area contributed by atoms with Crippen LogP contribution in [0.4, 0.5) is 13.9 Å². The third-order valence-corrected chi connectivity index (χ3v) is 7.49. The molecule has 2 aliphatic rings. The van der Waals surface area contributed by atoms with Crippen molar-refractivity contribution < 1.29 is 13.6 Å². The zero-order valence-electron chi connectivity index (χ0n) is 18.1. The molecule has 0 spiro atoms. The van der Waals surface area contributed by atoms with Crippen LogP contribution in [-0.4, -0.2) is 46.5 Å². The van der Waals surface area contributed by atoms with Crippen LogP contribution in [0.3, 0.4) is 0 Å². The summed E-state index contributed by atoms with van der Waals surface area (Å²) in [7, 11) is 0. The summed E-state index contributed by atoms with van der Waals surface area (Å²) in [5, 5.41) is 3.46. The molecule has 1 aromatic carbocycles. The van der Waals surface area contributed by atoms with Gasteiger partial charge < -0.3 is 10.2 Å². The largest absolute Gasteiger partial charge is 0.348 e. The van der Waals surface area contributed by atoms with E-state index in [2.05, 4.69) is 49.4 Å². The minimum absolute atomic E-state index is 0.00287. The monoisotopic (exact) mass is 469 g/mol. The molecule has 1 fully saturated rings. The van der Waals surface area contributed by atoms with Crippen LogP contribution < -0.4 is 10.2 Å². The fraction of sp³-hybridized carbons (Fsp3) is 0.375. The molecule has 2 aromatic heterocycles. The van der Waals surface area contributed by atoms with Crippen molar-refractivity contribution in [2.75, 3.05) is 24.5 Å². The highest BCUT2D eigenvalue weighted by molar-refractivity contribution is 7.17. The molecule has 1 amide bonds. The number of hydrogen-bond acceptors (Lipinski definition) is 6. The molecular weight excluding hydrogens is 444 g/mol. The maximum Gasteiger partial charge on any atom is 0.263 e. The number of hydrogen-bond donors (Lipinski definition) is 1. The molecule has 3 aromatic rings. The number of rotatable bonds is 5. The lowest BCUT2D eigenvalue weighted by molar-refractivity contribution is 0.0954. The van der Waals surface area contributed by atoms with E-state index >= 15 is 0 Å². The number of nitrogens with one attached hydrogen (secondary N) is 1. The van der Waals surface area contributed by atoms with Gasteiger partial charge in [-0.05, 0) is 30.4 Å². The van der Waals surface area contributed by atoms with E-state index in [0.29, 0.717) is 10.9 Å². The fourth-order valence-corrected chi connectivity index (χ4v) is 5.48.